The maximum atomic E-state index is 12.1. The van der Waals surface area contributed by atoms with Crippen LogP contribution in [-0.2, 0) is 14.8 Å². The van der Waals surface area contributed by atoms with Gasteiger partial charge in [-0.1, -0.05) is 29.8 Å². The van der Waals surface area contributed by atoms with Crippen LogP contribution < -0.4 is 10.0 Å². The summed E-state index contributed by atoms with van der Waals surface area (Å²) in [7, 11) is -3.68. The quantitative estimate of drug-likeness (QED) is 0.823. The smallest absolute Gasteiger partial charge is 0.240 e. The van der Waals surface area contributed by atoms with Crippen LogP contribution in [0.5, 0.6) is 0 Å². The summed E-state index contributed by atoms with van der Waals surface area (Å²) in [5, 5.41) is 3.13. The predicted octanol–water partition coefficient (Wildman–Crippen LogP) is 3.26. The third kappa shape index (κ3) is 5.06. The third-order valence-electron chi connectivity index (χ3n) is 3.42. The van der Waals surface area contributed by atoms with Crippen LogP contribution in [0.4, 0.5) is 5.69 Å². The Balaban J connectivity index is 1.91. The standard InChI is InChI=1S/C17H19ClN2O3S/c1-12-6-7-13(2)16(10-12)20-17(21)8-9-19-24(22,23)15-5-3-4-14(18)11-15/h3-7,10-11,19H,8-9H2,1-2H3,(H,20,21). The number of hydrogen-bond donors (Lipinski definition) is 2. The van der Waals surface area contributed by atoms with Crippen molar-refractivity contribution in [2.45, 2.75) is 25.2 Å². The van der Waals surface area contributed by atoms with Crippen LogP contribution in [0.3, 0.4) is 0 Å². The molecule has 0 radical (unpaired) electrons. The van der Waals surface area contributed by atoms with Crippen molar-refractivity contribution in [2.24, 2.45) is 0 Å². The normalized spacial score (nSPS) is 11.3. The molecule has 0 heterocycles. The Bertz CT molecular complexity index is 851. The Labute approximate surface area is 147 Å². The van der Waals surface area contributed by atoms with Crippen LogP contribution >= 0.6 is 11.6 Å². The molecule has 2 N–H and O–H groups in total. The topological polar surface area (TPSA) is 75.3 Å². The molecule has 0 aromatic heterocycles. The van der Waals surface area contributed by atoms with Crippen molar-refractivity contribution in [1.82, 2.24) is 4.72 Å². The molecule has 0 saturated carbocycles. The molecule has 0 aliphatic carbocycles. The maximum absolute atomic E-state index is 12.1. The van der Waals surface area contributed by atoms with Gasteiger partial charge >= 0.3 is 0 Å². The second-order valence-corrected chi connectivity index (χ2v) is 7.68. The molecule has 5 nitrogen and oxygen atoms in total. The van der Waals surface area contributed by atoms with Gasteiger partial charge in [-0.15, -0.1) is 0 Å². The zero-order valence-electron chi connectivity index (χ0n) is 13.5. The first-order chi connectivity index (χ1) is 11.3. The Morgan fingerprint density at radius 1 is 1.12 bits per heavy atom. The van der Waals surface area contributed by atoms with Crippen LogP contribution in [0, 0.1) is 13.8 Å². The maximum Gasteiger partial charge on any atom is 0.240 e. The van der Waals surface area contributed by atoms with Crippen molar-refractivity contribution in [2.75, 3.05) is 11.9 Å². The molecular formula is C17H19ClN2O3S. The lowest BCUT2D eigenvalue weighted by atomic mass is 10.1. The number of aryl methyl sites for hydroxylation is 2. The number of benzene rings is 2. The summed E-state index contributed by atoms with van der Waals surface area (Å²) in [5.74, 6) is -0.252. The zero-order chi connectivity index (χ0) is 17.7. The molecule has 2 rings (SSSR count). The molecule has 7 heteroatoms. The van der Waals surface area contributed by atoms with E-state index in [2.05, 4.69) is 10.0 Å². The van der Waals surface area contributed by atoms with Gasteiger partial charge in [-0.25, -0.2) is 13.1 Å². The summed E-state index contributed by atoms with van der Waals surface area (Å²) in [4.78, 5) is 12.1. The van der Waals surface area contributed by atoms with E-state index in [1.807, 2.05) is 32.0 Å². The minimum absolute atomic E-state index is 0.00550. The van der Waals surface area contributed by atoms with E-state index in [1.165, 1.54) is 12.1 Å². The fraction of sp³-hybridized carbons (Fsp3) is 0.235. The summed E-state index contributed by atoms with van der Waals surface area (Å²) >= 11 is 5.80. The minimum atomic E-state index is -3.68. The Morgan fingerprint density at radius 2 is 1.88 bits per heavy atom. The number of sulfonamides is 1. The van der Waals surface area contributed by atoms with E-state index in [0.717, 1.165) is 16.8 Å². The number of amides is 1. The van der Waals surface area contributed by atoms with E-state index in [1.54, 1.807) is 12.1 Å². The summed E-state index contributed by atoms with van der Waals surface area (Å²) in [5.41, 5.74) is 2.73. The van der Waals surface area contributed by atoms with Crippen LogP contribution in [0.15, 0.2) is 47.4 Å². The number of rotatable bonds is 6. The molecule has 0 aliphatic rings. The fourth-order valence-electron chi connectivity index (χ4n) is 2.10. The Hall–Kier alpha value is -1.89. The second-order valence-electron chi connectivity index (χ2n) is 5.47. The van der Waals surface area contributed by atoms with E-state index < -0.39 is 10.0 Å². The van der Waals surface area contributed by atoms with E-state index in [0.29, 0.717) is 5.02 Å². The summed E-state index contributed by atoms with van der Waals surface area (Å²) in [6.45, 7) is 3.84. The van der Waals surface area contributed by atoms with Crippen molar-refractivity contribution < 1.29 is 13.2 Å². The molecule has 0 spiro atoms. The number of carbonyl (C=O) groups excluding carboxylic acids is 1. The van der Waals surface area contributed by atoms with E-state index in [-0.39, 0.29) is 23.8 Å². The predicted molar refractivity (Wildman–Crippen MR) is 95.8 cm³/mol. The van der Waals surface area contributed by atoms with E-state index >= 15 is 0 Å². The Morgan fingerprint density at radius 3 is 2.58 bits per heavy atom. The summed E-state index contributed by atoms with van der Waals surface area (Å²) in [6.07, 6.45) is 0.0349. The van der Waals surface area contributed by atoms with Gasteiger partial charge in [0.2, 0.25) is 15.9 Å². The molecule has 1 amide bonds. The first-order valence-corrected chi connectivity index (χ1v) is 9.26. The van der Waals surface area contributed by atoms with Crippen LogP contribution in [-0.4, -0.2) is 20.9 Å². The number of anilines is 1. The molecule has 0 unspecified atom stereocenters. The van der Waals surface area contributed by atoms with Gasteiger partial charge in [0.15, 0.2) is 0 Å². The van der Waals surface area contributed by atoms with Gasteiger partial charge in [0, 0.05) is 23.7 Å². The fourth-order valence-corrected chi connectivity index (χ4v) is 3.43. The van der Waals surface area contributed by atoms with Crippen LogP contribution in [0.2, 0.25) is 5.02 Å². The second kappa shape index (κ2) is 7.79. The highest BCUT2D eigenvalue weighted by molar-refractivity contribution is 7.89. The lowest BCUT2D eigenvalue weighted by Gasteiger charge is -2.10. The van der Waals surface area contributed by atoms with E-state index in [4.69, 9.17) is 11.6 Å². The number of carbonyl (C=O) groups is 1. The highest BCUT2D eigenvalue weighted by Gasteiger charge is 2.14. The average Bonchev–Trinajstić information content (AvgIpc) is 2.51. The molecule has 0 atom stereocenters. The molecule has 2 aromatic rings. The number of nitrogens with one attached hydrogen (secondary N) is 2. The van der Waals surface area contributed by atoms with Gasteiger partial charge < -0.3 is 5.32 Å². The van der Waals surface area contributed by atoms with Gasteiger partial charge in [-0.05, 0) is 49.2 Å². The lowest BCUT2D eigenvalue weighted by Crippen LogP contribution is -2.28. The van der Waals surface area contributed by atoms with Gasteiger partial charge in [-0.2, -0.15) is 0 Å². The van der Waals surface area contributed by atoms with Crippen molar-refractivity contribution >= 4 is 33.2 Å². The molecule has 0 fully saturated rings. The number of halogens is 1. The highest BCUT2D eigenvalue weighted by atomic mass is 35.5. The minimum Gasteiger partial charge on any atom is -0.326 e. The van der Waals surface area contributed by atoms with E-state index in [9.17, 15) is 13.2 Å². The van der Waals surface area contributed by atoms with Gasteiger partial charge in [0.05, 0.1) is 4.90 Å². The molecule has 2 aromatic carbocycles. The summed E-state index contributed by atoms with van der Waals surface area (Å²) < 4.78 is 26.6. The molecule has 0 bridgehead atoms. The molecule has 0 saturated heterocycles. The molecule has 128 valence electrons. The molecule has 24 heavy (non-hydrogen) atoms. The van der Waals surface area contributed by atoms with Gasteiger partial charge in [0.1, 0.15) is 0 Å². The monoisotopic (exact) mass is 366 g/mol. The SMILES string of the molecule is Cc1ccc(C)c(NC(=O)CCNS(=O)(=O)c2cccc(Cl)c2)c1. The average molecular weight is 367 g/mol. The van der Waals surface area contributed by atoms with Crippen molar-refractivity contribution in [3.05, 3.63) is 58.6 Å². The highest BCUT2D eigenvalue weighted by Crippen LogP contribution is 2.17. The van der Waals surface area contributed by atoms with Crippen molar-refractivity contribution in [3.63, 3.8) is 0 Å². The third-order valence-corrected chi connectivity index (χ3v) is 5.11. The van der Waals surface area contributed by atoms with Gasteiger partial charge in [-0.3, -0.25) is 4.79 Å². The molecular weight excluding hydrogens is 348 g/mol. The van der Waals surface area contributed by atoms with Crippen LogP contribution in [0.1, 0.15) is 17.5 Å². The zero-order valence-corrected chi connectivity index (χ0v) is 15.0. The lowest BCUT2D eigenvalue weighted by molar-refractivity contribution is -0.116. The first kappa shape index (κ1) is 18.4. The van der Waals surface area contributed by atoms with Gasteiger partial charge in [0.25, 0.3) is 0 Å². The Kier molecular flexibility index (Phi) is 5.99. The summed E-state index contributed by atoms with van der Waals surface area (Å²) in [6, 6.07) is 11.7. The number of hydrogen-bond acceptors (Lipinski definition) is 3. The largest absolute Gasteiger partial charge is 0.326 e. The van der Waals surface area contributed by atoms with Crippen LogP contribution in [0.25, 0.3) is 0 Å². The molecule has 0 aliphatic heterocycles. The van der Waals surface area contributed by atoms with Crippen molar-refractivity contribution in [1.29, 1.82) is 0 Å². The first-order valence-electron chi connectivity index (χ1n) is 7.40. The van der Waals surface area contributed by atoms with Crippen molar-refractivity contribution in [3.8, 4) is 0 Å².